The zero-order valence-electron chi connectivity index (χ0n) is 64.5. The molecule has 6 saturated carbocycles. The van der Waals surface area contributed by atoms with Crippen LogP contribution in [0.4, 0.5) is 17.6 Å². The normalized spacial score (nSPS) is 22.2. The first-order chi connectivity index (χ1) is 56.3. The Balaban J connectivity index is 0.638. The van der Waals surface area contributed by atoms with Crippen molar-refractivity contribution in [2.45, 2.75) is 212 Å². The number of Topliss-reactive ketones (excluding diaryl/α,β-unsaturated/α-hetero) is 4. The van der Waals surface area contributed by atoms with E-state index in [2.05, 4.69) is 97.1 Å². The summed E-state index contributed by atoms with van der Waals surface area (Å²) in [4.78, 5) is 69.0. The largest absolute Gasteiger partial charge is 0.288 e. The van der Waals surface area contributed by atoms with Crippen LogP contribution in [-0.2, 0) is 32.5 Å². The Kier molecular flexibility index (Phi) is 15.6. The third-order valence-electron chi connectivity index (χ3n) is 31.5. The molecule has 8 aromatic rings. The van der Waals surface area contributed by atoms with Gasteiger partial charge in [0.25, 0.3) is 0 Å². The molecule has 10 nitrogen and oxygen atoms in total. The van der Waals surface area contributed by atoms with Crippen molar-refractivity contribution in [2.24, 2.45) is 21.8 Å². The topological polar surface area (TPSA) is 188 Å². The van der Waals surface area contributed by atoms with E-state index in [1.165, 1.54) is 91.0 Å². The maximum Gasteiger partial charge on any atom is 0.218 e. The van der Waals surface area contributed by atoms with Gasteiger partial charge in [-0.3, -0.25) is 19.2 Å². The van der Waals surface area contributed by atoms with Crippen LogP contribution in [0, 0.1) is 80.4 Å². The van der Waals surface area contributed by atoms with Gasteiger partial charge in [0.1, 0.15) is 24.3 Å². The first kappa shape index (κ1) is 71.0. The molecule has 22 rings (SSSR count). The minimum atomic E-state index is -1.04. The summed E-state index contributed by atoms with van der Waals surface area (Å²) < 4.78 is 59.0. The van der Waals surface area contributed by atoms with Crippen molar-refractivity contribution in [1.29, 1.82) is 21.0 Å². The summed E-state index contributed by atoms with van der Waals surface area (Å²) in [6.07, 6.45) is 39.1. The highest BCUT2D eigenvalue weighted by molar-refractivity contribution is 6.41. The molecule has 0 N–H and O–H groups in total. The lowest BCUT2D eigenvalue weighted by Gasteiger charge is -2.46. The third kappa shape index (κ3) is 9.77. The molecule has 0 heterocycles. The smallest absolute Gasteiger partial charge is 0.218 e. The molecule has 0 amide bonds. The van der Waals surface area contributed by atoms with Gasteiger partial charge in [0.2, 0.25) is 11.4 Å². The number of hydrogen-bond acceptors (Lipinski definition) is 10. The summed E-state index contributed by atoms with van der Waals surface area (Å²) in [5.74, 6) is -5.11. The number of carbonyl (C=O) groups is 4. The van der Waals surface area contributed by atoms with E-state index in [9.17, 15) is 48.2 Å². The average molecular weight is 1530 g/mol. The van der Waals surface area contributed by atoms with Gasteiger partial charge in [-0.2, -0.15) is 21.0 Å². The summed E-state index contributed by atoms with van der Waals surface area (Å²) in [7, 11) is 0. The van der Waals surface area contributed by atoms with Crippen LogP contribution in [0.3, 0.4) is 0 Å². The van der Waals surface area contributed by atoms with E-state index in [4.69, 9.17) is 9.98 Å². The number of nitrogens with zero attached hydrogens (tertiary/aromatic N) is 6. The molecule has 14 heteroatoms. The number of halogens is 4. The van der Waals surface area contributed by atoms with E-state index >= 15 is 9.59 Å². The standard InChI is InChI=1S/C102H80F4N6O4/c103-87-39-57-31-73-74(32-58(57)40-88(87)104)94(114)77(93(73)113)45-65-29-61-35-83-69(47-79(61)97(65)17-5-1-6-18-97)70-48-80-62(36-84(70)99(83)19-7-2-8-20-99)30-66(46-78-95(115)75-33-59-41-89(105)90(106)42-60(59)34-76(75)96(78)116)98(80)25-13-55(14-26-98)56-15-27-100(28-16-56)85-37-63-43-91(111-67(51-107)52-108)101(21-9-3-10-22-101)81(63)49-71(85)72-50-82-64(38-86(72)100)44-92(112-68(53-109)54-110)102(82)23-11-4-12-24-102/h29-50,55-56H,1-28H2. The Hall–Kier alpha value is -11.6. The number of allylic oxidation sites excluding steroid dienone is 8. The molecule has 14 aliphatic rings. The van der Waals surface area contributed by atoms with Crippen molar-refractivity contribution >= 4 is 80.4 Å². The molecular weight excluding hydrogens is 1450 g/mol. The molecule has 0 unspecified atom stereocenters. The SMILES string of the molecule is N#CC(C#N)=NC1=Cc2cc3c(cc2C12CCCCC2)-c1cc2c(cc1C31CCC(C3CCC4(CC3)C(C=C3C(=O)c5cc6cc(F)c(F)cc6cc5C3=O)=Cc3cc5c(cc34)-c3cc4c(cc3C53CCCCC3)C=C(C=C3C(=O)c5cc6cc(F)c(F)cc6cc5C3=O)C43CCCCC3)CC1)C=C(N=C(C#N)C#N)C21CCCCC1. The second kappa shape index (κ2) is 25.5. The highest BCUT2D eigenvalue weighted by Crippen LogP contribution is 2.67. The van der Waals surface area contributed by atoms with Gasteiger partial charge in [-0.15, -0.1) is 0 Å². The fourth-order valence-electron chi connectivity index (χ4n) is 25.9. The molecule has 0 radical (unpaired) electrons. The second-order valence-electron chi connectivity index (χ2n) is 36.4. The first-order valence-electron chi connectivity index (χ1n) is 42.3. The summed E-state index contributed by atoms with van der Waals surface area (Å²) in [5, 5.41) is 41.9. The second-order valence-corrected chi connectivity index (χ2v) is 36.4. The molecule has 14 aliphatic carbocycles. The molecule has 0 bridgehead atoms. The number of benzene rings is 8. The fraction of sp³-hybridized carbons (Fsp3) is 0.353. The van der Waals surface area contributed by atoms with Gasteiger partial charge < -0.3 is 0 Å². The van der Waals surface area contributed by atoms with Crippen LogP contribution in [0.25, 0.3) is 68.1 Å². The third-order valence-corrected chi connectivity index (χ3v) is 31.5. The number of aliphatic imine (C=N–C) groups is 2. The van der Waals surface area contributed by atoms with Crippen molar-refractivity contribution in [3.05, 3.63) is 255 Å². The van der Waals surface area contributed by atoms with Gasteiger partial charge in [-0.1, -0.05) is 89.2 Å². The lowest BCUT2D eigenvalue weighted by atomic mass is 9.58. The van der Waals surface area contributed by atoms with Crippen LogP contribution in [0.2, 0.25) is 0 Å². The zero-order valence-corrected chi connectivity index (χ0v) is 64.5. The van der Waals surface area contributed by atoms with E-state index in [1.807, 2.05) is 12.2 Å². The van der Waals surface area contributed by atoms with Crippen molar-refractivity contribution in [2.75, 3.05) is 0 Å². The Labute approximate surface area is 670 Å². The molecule has 0 aromatic heterocycles. The van der Waals surface area contributed by atoms with Crippen LogP contribution in [0.15, 0.2) is 153 Å². The summed E-state index contributed by atoms with van der Waals surface area (Å²) in [6, 6.07) is 38.3. The predicted molar refractivity (Wildman–Crippen MR) is 439 cm³/mol. The van der Waals surface area contributed by atoms with E-state index in [1.54, 1.807) is 0 Å². The molecule has 570 valence electrons. The summed E-state index contributed by atoms with van der Waals surface area (Å²) >= 11 is 0. The first-order valence-corrected chi connectivity index (χ1v) is 42.3. The quantitative estimate of drug-likeness (QED) is 0.0704. The Morgan fingerprint density at radius 2 is 0.560 bits per heavy atom. The average Bonchev–Trinajstić information content (AvgIpc) is 1.53. The highest BCUT2D eigenvalue weighted by atomic mass is 19.2. The van der Waals surface area contributed by atoms with Crippen molar-refractivity contribution in [3.8, 4) is 46.5 Å². The predicted octanol–water partition coefficient (Wildman–Crippen LogP) is 23.5. The molecule has 0 saturated heterocycles. The fourth-order valence-corrected chi connectivity index (χ4v) is 25.9. The molecule has 0 atom stereocenters. The molecule has 6 fully saturated rings. The molecule has 8 aromatic carbocycles. The van der Waals surface area contributed by atoms with Gasteiger partial charge in [-0.05, 0) is 358 Å². The number of ketones is 4. The summed E-state index contributed by atoms with van der Waals surface area (Å²) in [5.41, 5.74) is 20.7. The highest BCUT2D eigenvalue weighted by Gasteiger charge is 2.56. The Morgan fingerprint density at radius 3 is 0.871 bits per heavy atom. The van der Waals surface area contributed by atoms with Crippen LogP contribution in [-0.4, -0.2) is 34.6 Å². The van der Waals surface area contributed by atoms with Gasteiger partial charge >= 0.3 is 0 Å². The van der Waals surface area contributed by atoms with E-state index in [-0.39, 0.29) is 55.7 Å². The van der Waals surface area contributed by atoms with Crippen molar-refractivity contribution in [3.63, 3.8) is 0 Å². The lowest BCUT2D eigenvalue weighted by Crippen LogP contribution is -2.38. The van der Waals surface area contributed by atoms with Crippen LogP contribution >= 0.6 is 0 Å². The Bertz CT molecular complexity index is 6160. The zero-order chi connectivity index (χ0) is 78.8. The van der Waals surface area contributed by atoms with Crippen molar-refractivity contribution < 1.29 is 36.7 Å². The molecule has 0 aliphatic heterocycles. The minimum Gasteiger partial charge on any atom is -0.288 e. The van der Waals surface area contributed by atoms with E-state index in [0.29, 0.717) is 33.4 Å². The van der Waals surface area contributed by atoms with Gasteiger partial charge in [-0.25, -0.2) is 27.5 Å². The Morgan fingerprint density at radius 1 is 0.302 bits per heavy atom. The maximum atomic E-state index is 15.0. The van der Waals surface area contributed by atoms with E-state index in [0.717, 1.165) is 249 Å². The number of hydrogen-bond donors (Lipinski definition) is 0. The van der Waals surface area contributed by atoms with E-state index < -0.39 is 68.1 Å². The van der Waals surface area contributed by atoms with Gasteiger partial charge in [0, 0.05) is 54.7 Å². The maximum absolute atomic E-state index is 15.0. The van der Waals surface area contributed by atoms with Crippen LogP contribution in [0.1, 0.15) is 288 Å². The monoisotopic (exact) mass is 1530 g/mol. The number of carbonyl (C=O) groups excluding carboxylic acids is 4. The minimum absolute atomic E-state index is 0.0463. The molecular formula is C102H80F4N6O4. The van der Waals surface area contributed by atoms with Crippen LogP contribution in [0.5, 0.6) is 0 Å². The van der Waals surface area contributed by atoms with Crippen LogP contribution < -0.4 is 0 Å². The number of fused-ring (bicyclic) bond motifs is 22. The van der Waals surface area contributed by atoms with Gasteiger partial charge in [0.05, 0.1) is 22.5 Å². The molecule has 6 spiro atoms. The summed E-state index contributed by atoms with van der Waals surface area (Å²) in [6.45, 7) is 0. The van der Waals surface area contributed by atoms with Crippen molar-refractivity contribution in [1.82, 2.24) is 0 Å². The lowest BCUT2D eigenvalue weighted by molar-refractivity contribution is 0.0972. The number of rotatable bonds is 5. The molecule has 116 heavy (non-hydrogen) atoms. The number of nitriles is 4. The van der Waals surface area contributed by atoms with Gasteiger partial charge in [0.15, 0.2) is 46.4 Å².